The van der Waals surface area contributed by atoms with Gasteiger partial charge in [-0.2, -0.15) is 0 Å². The van der Waals surface area contributed by atoms with Crippen molar-refractivity contribution in [2.24, 2.45) is 11.5 Å². The summed E-state index contributed by atoms with van der Waals surface area (Å²) in [5, 5.41) is 0. The summed E-state index contributed by atoms with van der Waals surface area (Å²) in [5.74, 6) is -0.340. The van der Waals surface area contributed by atoms with E-state index >= 15 is 0 Å². The van der Waals surface area contributed by atoms with E-state index in [1.807, 2.05) is 38.3 Å². The summed E-state index contributed by atoms with van der Waals surface area (Å²) >= 11 is 0. The van der Waals surface area contributed by atoms with Crippen LogP contribution in [0.15, 0.2) is 6.07 Å². The molecule has 0 bridgehead atoms. The zero-order valence-electron chi connectivity index (χ0n) is 9.79. The largest absolute Gasteiger partial charge is 0.368 e. The highest BCUT2D eigenvalue weighted by atomic mass is 16.1. The lowest BCUT2D eigenvalue weighted by Gasteiger charge is -2.27. The maximum atomic E-state index is 11.4. The molecule has 0 spiro atoms. The predicted octanol–water partition coefficient (Wildman–Crippen LogP) is 0.784. The van der Waals surface area contributed by atoms with E-state index < -0.39 is 5.54 Å². The second-order valence-electron chi connectivity index (χ2n) is 4.36. The van der Waals surface area contributed by atoms with Crippen LogP contribution in [0.5, 0.6) is 0 Å². The van der Waals surface area contributed by atoms with Crippen molar-refractivity contribution in [1.82, 2.24) is 4.57 Å². The zero-order valence-corrected chi connectivity index (χ0v) is 9.79. The number of hydrogen-bond donors (Lipinski definition) is 2. The van der Waals surface area contributed by atoms with Gasteiger partial charge in [-0.05, 0) is 39.3 Å². The van der Waals surface area contributed by atoms with Crippen LogP contribution in [0, 0.1) is 13.8 Å². The number of nitrogens with zero attached hydrogens (tertiary/aromatic N) is 1. The van der Waals surface area contributed by atoms with Gasteiger partial charge in [0.1, 0.15) is 5.54 Å². The molecule has 0 unspecified atom stereocenters. The lowest BCUT2D eigenvalue weighted by atomic mass is 10.0. The summed E-state index contributed by atoms with van der Waals surface area (Å²) < 4.78 is 1.94. The fraction of sp³-hybridized carbons (Fsp3) is 0.545. The van der Waals surface area contributed by atoms with Crippen LogP contribution in [-0.4, -0.2) is 10.5 Å². The Labute approximate surface area is 90.2 Å². The summed E-state index contributed by atoms with van der Waals surface area (Å²) in [6, 6.07) is 2.00. The number of aryl methyl sites for hydroxylation is 1. The first-order valence-corrected chi connectivity index (χ1v) is 5.00. The third kappa shape index (κ3) is 1.77. The molecule has 0 aromatic carbocycles. The number of carbonyl (C=O) groups excluding carboxylic acids is 1. The standard InChI is InChI=1S/C11H19N3O/c1-7-5-9(6-12)8(2)14(7)11(3,4)10(13)15/h5H,6,12H2,1-4H3,(H2,13,15). The van der Waals surface area contributed by atoms with Gasteiger partial charge in [0.15, 0.2) is 0 Å². The van der Waals surface area contributed by atoms with Crippen molar-refractivity contribution in [1.29, 1.82) is 0 Å². The summed E-state index contributed by atoms with van der Waals surface area (Å²) in [7, 11) is 0. The van der Waals surface area contributed by atoms with Crippen LogP contribution in [-0.2, 0) is 16.9 Å². The van der Waals surface area contributed by atoms with Crippen molar-refractivity contribution in [3.63, 3.8) is 0 Å². The molecule has 4 nitrogen and oxygen atoms in total. The molecule has 84 valence electrons. The van der Waals surface area contributed by atoms with Crippen LogP contribution in [0.1, 0.15) is 30.8 Å². The first-order chi connectivity index (χ1) is 6.82. The molecule has 0 aliphatic rings. The second-order valence-corrected chi connectivity index (χ2v) is 4.36. The molecule has 0 aliphatic heterocycles. The van der Waals surface area contributed by atoms with Gasteiger partial charge in [0, 0.05) is 17.9 Å². The number of rotatable bonds is 3. The van der Waals surface area contributed by atoms with Gasteiger partial charge in [-0.25, -0.2) is 0 Å². The van der Waals surface area contributed by atoms with E-state index in [4.69, 9.17) is 11.5 Å². The fourth-order valence-electron chi connectivity index (χ4n) is 2.01. The minimum atomic E-state index is -0.707. The van der Waals surface area contributed by atoms with Gasteiger partial charge in [-0.1, -0.05) is 0 Å². The highest BCUT2D eigenvalue weighted by Gasteiger charge is 2.30. The molecule has 1 aromatic rings. The zero-order chi connectivity index (χ0) is 11.8. The Hall–Kier alpha value is -1.29. The van der Waals surface area contributed by atoms with Gasteiger partial charge in [0.25, 0.3) is 0 Å². The average Bonchev–Trinajstić information content (AvgIpc) is 2.41. The molecule has 4 N–H and O–H groups in total. The van der Waals surface area contributed by atoms with Crippen molar-refractivity contribution in [3.8, 4) is 0 Å². The lowest BCUT2D eigenvalue weighted by Crippen LogP contribution is -2.42. The quantitative estimate of drug-likeness (QED) is 0.772. The van der Waals surface area contributed by atoms with E-state index in [9.17, 15) is 4.79 Å². The Morgan fingerprint density at radius 1 is 1.47 bits per heavy atom. The lowest BCUT2D eigenvalue weighted by molar-refractivity contribution is -0.125. The third-order valence-electron chi connectivity index (χ3n) is 2.92. The Kier molecular flexibility index (Phi) is 2.90. The first kappa shape index (κ1) is 11.8. The molecule has 1 rings (SSSR count). The van der Waals surface area contributed by atoms with Gasteiger partial charge in [0.2, 0.25) is 5.91 Å². The molecule has 1 amide bonds. The molecule has 0 aliphatic carbocycles. The molecule has 15 heavy (non-hydrogen) atoms. The summed E-state index contributed by atoms with van der Waals surface area (Å²) in [4.78, 5) is 11.4. The SMILES string of the molecule is Cc1cc(CN)c(C)n1C(C)(C)C(N)=O. The van der Waals surface area contributed by atoms with E-state index in [1.165, 1.54) is 0 Å². The Morgan fingerprint density at radius 2 is 2.00 bits per heavy atom. The Bertz CT molecular complexity index is 391. The molecule has 0 saturated carbocycles. The molecule has 1 heterocycles. The van der Waals surface area contributed by atoms with Gasteiger partial charge < -0.3 is 16.0 Å². The maximum Gasteiger partial charge on any atom is 0.243 e. The van der Waals surface area contributed by atoms with Crippen molar-refractivity contribution in [2.75, 3.05) is 0 Å². The maximum absolute atomic E-state index is 11.4. The van der Waals surface area contributed by atoms with Gasteiger partial charge >= 0.3 is 0 Å². The van der Waals surface area contributed by atoms with Crippen molar-refractivity contribution in [2.45, 2.75) is 39.8 Å². The smallest absolute Gasteiger partial charge is 0.243 e. The minimum Gasteiger partial charge on any atom is -0.368 e. The summed E-state index contributed by atoms with van der Waals surface area (Å²) in [5.41, 5.74) is 13.4. The number of aromatic nitrogens is 1. The minimum absolute atomic E-state index is 0.340. The van der Waals surface area contributed by atoms with Crippen LogP contribution in [0.3, 0.4) is 0 Å². The molecular formula is C11H19N3O. The topological polar surface area (TPSA) is 74.0 Å². The third-order valence-corrected chi connectivity index (χ3v) is 2.92. The summed E-state index contributed by atoms with van der Waals surface area (Å²) in [6.45, 7) is 8.02. The van der Waals surface area contributed by atoms with E-state index in [2.05, 4.69) is 0 Å². The molecule has 0 fully saturated rings. The highest BCUT2D eigenvalue weighted by molar-refractivity contribution is 5.82. The number of nitrogens with two attached hydrogens (primary N) is 2. The van der Waals surface area contributed by atoms with Crippen LogP contribution < -0.4 is 11.5 Å². The van der Waals surface area contributed by atoms with Crippen LogP contribution in [0.25, 0.3) is 0 Å². The van der Waals surface area contributed by atoms with Gasteiger partial charge in [0.05, 0.1) is 0 Å². The molecule has 0 radical (unpaired) electrons. The van der Waals surface area contributed by atoms with E-state index in [1.54, 1.807) is 0 Å². The number of carbonyl (C=O) groups is 1. The number of hydrogen-bond acceptors (Lipinski definition) is 2. The van der Waals surface area contributed by atoms with Gasteiger partial charge in [-0.3, -0.25) is 4.79 Å². The predicted molar refractivity (Wildman–Crippen MR) is 60.3 cm³/mol. The monoisotopic (exact) mass is 209 g/mol. The Morgan fingerprint density at radius 3 is 2.33 bits per heavy atom. The van der Waals surface area contributed by atoms with E-state index in [0.717, 1.165) is 17.0 Å². The van der Waals surface area contributed by atoms with Crippen LogP contribution in [0.2, 0.25) is 0 Å². The number of primary amides is 1. The fourth-order valence-corrected chi connectivity index (χ4v) is 2.01. The number of amides is 1. The van der Waals surface area contributed by atoms with Gasteiger partial charge in [-0.15, -0.1) is 0 Å². The Balaban J connectivity index is 3.37. The molecule has 1 aromatic heterocycles. The molecule has 0 saturated heterocycles. The highest BCUT2D eigenvalue weighted by Crippen LogP contribution is 2.24. The van der Waals surface area contributed by atoms with Crippen LogP contribution in [0.4, 0.5) is 0 Å². The van der Waals surface area contributed by atoms with E-state index in [0.29, 0.717) is 6.54 Å². The van der Waals surface area contributed by atoms with Crippen molar-refractivity contribution < 1.29 is 4.79 Å². The second kappa shape index (κ2) is 3.70. The van der Waals surface area contributed by atoms with E-state index in [-0.39, 0.29) is 5.91 Å². The molecule has 4 heteroatoms. The normalized spacial score (nSPS) is 11.8. The molecule has 0 atom stereocenters. The average molecular weight is 209 g/mol. The molecular weight excluding hydrogens is 190 g/mol. The first-order valence-electron chi connectivity index (χ1n) is 5.00. The van der Waals surface area contributed by atoms with Crippen molar-refractivity contribution in [3.05, 3.63) is 23.0 Å². The summed E-state index contributed by atoms with van der Waals surface area (Å²) in [6.07, 6.45) is 0. The van der Waals surface area contributed by atoms with Crippen LogP contribution >= 0.6 is 0 Å². The van der Waals surface area contributed by atoms with Crippen molar-refractivity contribution >= 4 is 5.91 Å².